The standard InChI is InChI=1S/C16H20N2O3/c17-8-9-21-13-5-3-4-12(10-13)11-16(20)18-14-6-1-2-7-15(14)19/h3-5,10,14-15,19H,1-2,6-7,9,11H2,(H,18,20). The van der Waals surface area contributed by atoms with Crippen LogP contribution in [0.3, 0.4) is 0 Å². The molecule has 2 atom stereocenters. The average Bonchev–Trinajstić information content (AvgIpc) is 2.48. The molecule has 1 aliphatic rings. The van der Waals surface area contributed by atoms with E-state index in [2.05, 4.69) is 5.32 Å². The van der Waals surface area contributed by atoms with Crippen molar-refractivity contribution in [3.8, 4) is 11.8 Å². The molecule has 1 aromatic rings. The number of rotatable bonds is 5. The zero-order valence-electron chi connectivity index (χ0n) is 11.9. The topological polar surface area (TPSA) is 82.3 Å². The number of nitriles is 1. The third-order valence-corrected chi connectivity index (χ3v) is 3.64. The van der Waals surface area contributed by atoms with Gasteiger partial charge in [0.15, 0.2) is 6.61 Å². The second-order valence-electron chi connectivity index (χ2n) is 5.30. The van der Waals surface area contributed by atoms with Crippen molar-refractivity contribution in [3.63, 3.8) is 0 Å². The summed E-state index contributed by atoms with van der Waals surface area (Å²) in [6.07, 6.45) is 3.45. The molecular formula is C16H20N2O3. The van der Waals surface area contributed by atoms with Crippen LogP contribution in [0.4, 0.5) is 0 Å². The van der Waals surface area contributed by atoms with Crippen molar-refractivity contribution in [2.45, 2.75) is 44.2 Å². The minimum absolute atomic E-state index is 0.0100. The quantitative estimate of drug-likeness (QED) is 0.861. The first-order valence-electron chi connectivity index (χ1n) is 7.25. The van der Waals surface area contributed by atoms with Gasteiger partial charge in [-0.25, -0.2) is 0 Å². The number of carbonyl (C=O) groups excluding carboxylic acids is 1. The molecule has 0 bridgehead atoms. The molecule has 0 radical (unpaired) electrons. The highest BCUT2D eigenvalue weighted by molar-refractivity contribution is 5.79. The van der Waals surface area contributed by atoms with Gasteiger partial charge in [-0.05, 0) is 30.5 Å². The first-order valence-corrected chi connectivity index (χ1v) is 7.25. The Labute approximate surface area is 124 Å². The Balaban J connectivity index is 1.88. The van der Waals surface area contributed by atoms with Gasteiger partial charge in [-0.3, -0.25) is 4.79 Å². The molecule has 5 heteroatoms. The molecule has 1 saturated carbocycles. The summed E-state index contributed by atoms with van der Waals surface area (Å²) in [5.41, 5.74) is 0.827. The number of amides is 1. The summed E-state index contributed by atoms with van der Waals surface area (Å²) in [5, 5.41) is 21.2. The molecule has 5 nitrogen and oxygen atoms in total. The van der Waals surface area contributed by atoms with Crippen LogP contribution in [0.15, 0.2) is 24.3 Å². The molecule has 1 fully saturated rings. The summed E-state index contributed by atoms with van der Waals surface area (Å²) in [7, 11) is 0. The van der Waals surface area contributed by atoms with E-state index in [9.17, 15) is 9.90 Å². The Morgan fingerprint density at radius 1 is 1.43 bits per heavy atom. The Bertz CT molecular complexity index is 524. The van der Waals surface area contributed by atoms with Gasteiger partial charge in [0, 0.05) is 0 Å². The van der Waals surface area contributed by atoms with E-state index < -0.39 is 6.10 Å². The van der Waals surface area contributed by atoms with Crippen molar-refractivity contribution in [2.24, 2.45) is 0 Å². The van der Waals surface area contributed by atoms with Crippen LogP contribution in [0.1, 0.15) is 31.2 Å². The number of ether oxygens (including phenoxy) is 1. The van der Waals surface area contributed by atoms with Crippen LogP contribution in [0, 0.1) is 11.3 Å². The number of benzene rings is 1. The van der Waals surface area contributed by atoms with Gasteiger partial charge >= 0.3 is 0 Å². The summed E-state index contributed by atoms with van der Waals surface area (Å²) in [6, 6.07) is 8.92. The Morgan fingerprint density at radius 3 is 3.00 bits per heavy atom. The molecule has 1 amide bonds. The van der Waals surface area contributed by atoms with Crippen LogP contribution >= 0.6 is 0 Å². The fourth-order valence-corrected chi connectivity index (χ4v) is 2.58. The first kappa shape index (κ1) is 15.3. The monoisotopic (exact) mass is 288 g/mol. The van der Waals surface area contributed by atoms with Crippen LogP contribution in [0.2, 0.25) is 0 Å². The van der Waals surface area contributed by atoms with E-state index in [0.717, 1.165) is 31.2 Å². The molecule has 1 aromatic carbocycles. The van der Waals surface area contributed by atoms with Gasteiger partial charge < -0.3 is 15.2 Å². The number of hydrogen-bond donors (Lipinski definition) is 2. The lowest BCUT2D eigenvalue weighted by atomic mass is 9.92. The smallest absolute Gasteiger partial charge is 0.224 e. The second kappa shape index (κ2) is 7.65. The summed E-state index contributed by atoms with van der Waals surface area (Å²) in [6.45, 7) is -0.0100. The second-order valence-corrected chi connectivity index (χ2v) is 5.30. The van der Waals surface area contributed by atoms with Crippen LogP contribution in [0.25, 0.3) is 0 Å². The van der Waals surface area contributed by atoms with E-state index in [4.69, 9.17) is 10.00 Å². The Hall–Kier alpha value is -2.06. The zero-order valence-corrected chi connectivity index (χ0v) is 11.9. The normalized spacial score (nSPS) is 21.3. The summed E-state index contributed by atoms with van der Waals surface area (Å²) in [4.78, 5) is 12.0. The largest absolute Gasteiger partial charge is 0.479 e. The highest BCUT2D eigenvalue weighted by Crippen LogP contribution is 2.19. The molecule has 2 N–H and O–H groups in total. The summed E-state index contributed by atoms with van der Waals surface area (Å²) < 4.78 is 5.21. The van der Waals surface area contributed by atoms with E-state index in [1.807, 2.05) is 12.1 Å². The SMILES string of the molecule is N#CCOc1cccc(CC(=O)NC2CCCCC2O)c1. The molecule has 0 aliphatic heterocycles. The predicted molar refractivity (Wildman–Crippen MR) is 77.7 cm³/mol. The van der Waals surface area contributed by atoms with Crippen molar-refractivity contribution < 1.29 is 14.6 Å². The molecule has 1 aliphatic carbocycles. The summed E-state index contributed by atoms with van der Waals surface area (Å²) in [5.74, 6) is 0.484. The van der Waals surface area contributed by atoms with Gasteiger partial charge in [0.05, 0.1) is 18.6 Å². The van der Waals surface area contributed by atoms with Crippen LogP contribution in [-0.2, 0) is 11.2 Å². The minimum atomic E-state index is -0.437. The maximum Gasteiger partial charge on any atom is 0.224 e. The van der Waals surface area contributed by atoms with Gasteiger partial charge in [0.1, 0.15) is 11.8 Å². The van der Waals surface area contributed by atoms with Crippen molar-refractivity contribution in [1.82, 2.24) is 5.32 Å². The van der Waals surface area contributed by atoms with Gasteiger partial charge in [-0.15, -0.1) is 0 Å². The van der Waals surface area contributed by atoms with E-state index in [1.54, 1.807) is 18.2 Å². The number of nitrogens with zero attached hydrogens (tertiary/aromatic N) is 1. The fraction of sp³-hybridized carbons (Fsp3) is 0.500. The first-order chi connectivity index (χ1) is 10.2. The molecule has 0 aromatic heterocycles. The zero-order chi connectivity index (χ0) is 15.1. The molecule has 2 rings (SSSR count). The Kier molecular flexibility index (Phi) is 5.59. The number of carbonyl (C=O) groups is 1. The molecule has 21 heavy (non-hydrogen) atoms. The lowest BCUT2D eigenvalue weighted by Gasteiger charge is -2.28. The number of nitrogens with one attached hydrogen (secondary N) is 1. The van der Waals surface area contributed by atoms with E-state index in [0.29, 0.717) is 5.75 Å². The van der Waals surface area contributed by atoms with Crippen molar-refractivity contribution in [3.05, 3.63) is 29.8 Å². The van der Waals surface area contributed by atoms with Gasteiger partial charge in [-0.2, -0.15) is 5.26 Å². The van der Waals surface area contributed by atoms with E-state index >= 15 is 0 Å². The Morgan fingerprint density at radius 2 is 2.24 bits per heavy atom. The van der Waals surface area contributed by atoms with Crippen LogP contribution in [0.5, 0.6) is 5.75 Å². The van der Waals surface area contributed by atoms with Crippen molar-refractivity contribution >= 4 is 5.91 Å². The van der Waals surface area contributed by atoms with Crippen molar-refractivity contribution in [1.29, 1.82) is 5.26 Å². The number of hydrogen-bond acceptors (Lipinski definition) is 4. The third-order valence-electron chi connectivity index (χ3n) is 3.64. The van der Waals surface area contributed by atoms with Gasteiger partial charge in [0.25, 0.3) is 0 Å². The van der Waals surface area contributed by atoms with Crippen LogP contribution in [-0.4, -0.2) is 29.8 Å². The summed E-state index contributed by atoms with van der Waals surface area (Å²) >= 11 is 0. The third kappa shape index (κ3) is 4.76. The fourth-order valence-electron chi connectivity index (χ4n) is 2.58. The lowest BCUT2D eigenvalue weighted by molar-refractivity contribution is -0.122. The number of aliphatic hydroxyl groups is 1. The molecule has 2 unspecified atom stereocenters. The van der Waals surface area contributed by atoms with E-state index in [1.165, 1.54) is 0 Å². The van der Waals surface area contributed by atoms with Gasteiger partial charge in [-0.1, -0.05) is 25.0 Å². The molecular weight excluding hydrogens is 268 g/mol. The van der Waals surface area contributed by atoms with Crippen LogP contribution < -0.4 is 10.1 Å². The predicted octanol–water partition coefficient (Wildman–Crippen LogP) is 1.55. The highest BCUT2D eigenvalue weighted by Gasteiger charge is 2.24. The molecule has 0 spiro atoms. The minimum Gasteiger partial charge on any atom is -0.479 e. The molecule has 112 valence electrons. The van der Waals surface area contributed by atoms with Crippen molar-refractivity contribution in [2.75, 3.05) is 6.61 Å². The molecule has 0 saturated heterocycles. The maximum absolute atomic E-state index is 12.0. The number of aliphatic hydroxyl groups excluding tert-OH is 1. The van der Waals surface area contributed by atoms with Gasteiger partial charge in [0.2, 0.25) is 5.91 Å². The lowest BCUT2D eigenvalue weighted by Crippen LogP contribution is -2.45. The highest BCUT2D eigenvalue weighted by atomic mass is 16.5. The maximum atomic E-state index is 12.0. The molecule has 0 heterocycles. The van der Waals surface area contributed by atoms with E-state index in [-0.39, 0.29) is 25.0 Å². The average molecular weight is 288 g/mol.